The molecule has 0 aliphatic carbocycles. The molecule has 0 saturated heterocycles. The average Bonchev–Trinajstić information content (AvgIpc) is 2.53. The Morgan fingerprint density at radius 3 is 2.43 bits per heavy atom. The molecule has 0 heterocycles. The Hall–Kier alpha value is -2.27. The van der Waals surface area contributed by atoms with Crippen LogP contribution in [0.15, 0.2) is 42.7 Å². The molecule has 0 amide bonds. The quantitative estimate of drug-likeness (QED) is 0.224. The fourth-order valence-electron chi connectivity index (χ4n) is 1.78. The first kappa shape index (κ1) is 17.1. The minimum Gasteiger partial charge on any atom is -0.452 e. The molecule has 2 rings (SSSR count). The summed E-state index contributed by atoms with van der Waals surface area (Å²) in [4.78, 5) is 0. The van der Waals surface area contributed by atoms with Crippen LogP contribution in [0.25, 0.3) is 6.08 Å². The minimum absolute atomic E-state index is 0.159. The van der Waals surface area contributed by atoms with Crippen LogP contribution >= 0.6 is 11.6 Å². The second-order valence-electron chi connectivity index (χ2n) is 4.67. The maximum absolute atomic E-state index is 13.8. The average molecular weight is 343 g/mol. The van der Waals surface area contributed by atoms with Crippen LogP contribution in [0.3, 0.4) is 0 Å². The third-order valence-electron chi connectivity index (χ3n) is 2.99. The molecular formula is C17H11ClF4O. The van der Waals surface area contributed by atoms with Crippen molar-refractivity contribution in [1.29, 1.82) is 0 Å². The maximum Gasteiger partial charge on any atom is 0.207 e. The molecule has 0 radical (unpaired) electrons. The molecule has 1 nitrogen and oxygen atoms in total. The highest BCUT2D eigenvalue weighted by Crippen LogP contribution is 2.30. The number of halogens is 5. The summed E-state index contributed by atoms with van der Waals surface area (Å²) in [5.41, 5.74) is 0.0233. The van der Waals surface area contributed by atoms with E-state index in [1.165, 1.54) is 12.2 Å². The summed E-state index contributed by atoms with van der Waals surface area (Å²) in [5.74, 6) is -7.66. The molecule has 120 valence electrons. The second kappa shape index (κ2) is 6.87. The van der Waals surface area contributed by atoms with Crippen molar-refractivity contribution >= 4 is 17.7 Å². The molecule has 0 unspecified atom stereocenters. The van der Waals surface area contributed by atoms with E-state index in [1.807, 2.05) is 0 Å². The van der Waals surface area contributed by atoms with E-state index in [0.29, 0.717) is 10.6 Å². The number of allylic oxidation sites excluding steroid dienone is 1. The van der Waals surface area contributed by atoms with E-state index in [9.17, 15) is 17.6 Å². The van der Waals surface area contributed by atoms with Crippen molar-refractivity contribution in [3.05, 3.63) is 82.1 Å². The van der Waals surface area contributed by atoms with Gasteiger partial charge in [0.25, 0.3) is 0 Å². The number of hydrogen-bond acceptors (Lipinski definition) is 1. The van der Waals surface area contributed by atoms with E-state index >= 15 is 0 Å². The lowest BCUT2D eigenvalue weighted by Crippen LogP contribution is -2.05. The minimum atomic E-state index is -1.80. The van der Waals surface area contributed by atoms with Crippen LogP contribution in [0.5, 0.6) is 5.75 Å². The zero-order chi connectivity index (χ0) is 17.1. The number of ether oxygens (including phenoxy) is 1. The molecule has 0 atom stereocenters. The van der Waals surface area contributed by atoms with Gasteiger partial charge in [0.15, 0.2) is 17.5 Å². The van der Waals surface area contributed by atoms with Crippen molar-refractivity contribution in [2.24, 2.45) is 0 Å². The fourth-order valence-corrected chi connectivity index (χ4v) is 1.98. The van der Waals surface area contributed by atoms with Crippen LogP contribution in [-0.2, 0) is 0 Å². The normalized spacial score (nSPS) is 11.0. The van der Waals surface area contributed by atoms with E-state index in [0.717, 1.165) is 6.92 Å². The van der Waals surface area contributed by atoms with Gasteiger partial charge >= 0.3 is 0 Å². The fraction of sp³-hybridized carbons (Fsp3) is 0.0588. The first-order valence-electron chi connectivity index (χ1n) is 6.44. The van der Waals surface area contributed by atoms with Crippen molar-refractivity contribution in [3.8, 4) is 5.75 Å². The van der Waals surface area contributed by atoms with Crippen molar-refractivity contribution in [2.75, 3.05) is 0 Å². The van der Waals surface area contributed by atoms with Crippen molar-refractivity contribution in [2.45, 2.75) is 6.92 Å². The predicted octanol–water partition coefficient (Wildman–Crippen LogP) is 5.81. The zero-order valence-electron chi connectivity index (χ0n) is 12.0. The summed E-state index contributed by atoms with van der Waals surface area (Å²) in [7, 11) is 0. The van der Waals surface area contributed by atoms with Crippen molar-refractivity contribution in [3.63, 3.8) is 0 Å². The van der Waals surface area contributed by atoms with E-state index in [4.69, 9.17) is 16.3 Å². The molecule has 0 N–H and O–H groups in total. The van der Waals surface area contributed by atoms with Gasteiger partial charge in [-0.3, -0.25) is 0 Å². The highest BCUT2D eigenvalue weighted by atomic mass is 35.5. The standard InChI is InChI=1S/C17H11ClF4O/c1-9(6-7-11-4-3-5-12(18)8-11)23-17-14(20)10(2)13(19)15(21)16(17)22/h3-8H,1H2,2H3/b7-6+. The van der Waals surface area contributed by atoms with E-state index in [-0.39, 0.29) is 5.76 Å². The van der Waals surface area contributed by atoms with Crippen molar-refractivity contribution in [1.82, 2.24) is 0 Å². The van der Waals surface area contributed by atoms with Gasteiger partial charge in [-0.2, -0.15) is 4.39 Å². The molecule has 23 heavy (non-hydrogen) atoms. The van der Waals surface area contributed by atoms with Gasteiger partial charge in [0, 0.05) is 10.6 Å². The highest BCUT2D eigenvalue weighted by molar-refractivity contribution is 6.30. The molecule has 2 aromatic rings. The molecule has 0 aromatic heterocycles. The third kappa shape index (κ3) is 3.74. The molecule has 6 heteroatoms. The van der Waals surface area contributed by atoms with Crippen molar-refractivity contribution < 1.29 is 22.3 Å². The van der Waals surface area contributed by atoms with Crippen LogP contribution < -0.4 is 4.74 Å². The predicted molar refractivity (Wildman–Crippen MR) is 81.3 cm³/mol. The monoisotopic (exact) mass is 342 g/mol. The van der Waals surface area contributed by atoms with Gasteiger partial charge < -0.3 is 4.74 Å². The van der Waals surface area contributed by atoms with E-state index in [2.05, 4.69) is 6.58 Å². The molecule has 0 saturated carbocycles. The van der Waals surface area contributed by atoms with Gasteiger partial charge in [-0.25, -0.2) is 13.2 Å². The van der Waals surface area contributed by atoms with Gasteiger partial charge in [0.1, 0.15) is 5.76 Å². The zero-order valence-corrected chi connectivity index (χ0v) is 12.7. The Morgan fingerprint density at radius 1 is 1.09 bits per heavy atom. The summed E-state index contributed by atoms with van der Waals surface area (Å²) in [6.45, 7) is 4.44. The summed E-state index contributed by atoms with van der Waals surface area (Å²) < 4.78 is 58.9. The highest BCUT2D eigenvalue weighted by Gasteiger charge is 2.24. The number of benzene rings is 2. The van der Waals surface area contributed by atoms with Gasteiger partial charge in [-0.15, -0.1) is 0 Å². The SMILES string of the molecule is C=C(/C=C/c1cccc(Cl)c1)Oc1c(F)c(C)c(F)c(F)c1F. The lowest BCUT2D eigenvalue weighted by molar-refractivity contribution is 0.349. The first-order chi connectivity index (χ1) is 10.8. The van der Waals surface area contributed by atoms with E-state index < -0.39 is 34.6 Å². The van der Waals surface area contributed by atoms with Crippen LogP contribution in [0.1, 0.15) is 11.1 Å². The Bertz CT molecular complexity index is 770. The Labute approximate surface area is 135 Å². The summed E-state index contributed by atoms with van der Waals surface area (Å²) in [6.07, 6.45) is 2.86. The molecule has 0 spiro atoms. The lowest BCUT2D eigenvalue weighted by Gasteiger charge is -2.11. The third-order valence-corrected chi connectivity index (χ3v) is 3.22. The van der Waals surface area contributed by atoms with Crippen LogP contribution in [-0.4, -0.2) is 0 Å². The van der Waals surface area contributed by atoms with E-state index in [1.54, 1.807) is 24.3 Å². The second-order valence-corrected chi connectivity index (χ2v) is 5.10. The molecule has 2 aromatic carbocycles. The van der Waals surface area contributed by atoms with Gasteiger partial charge in [-0.05, 0) is 30.7 Å². The molecule has 0 fully saturated rings. The lowest BCUT2D eigenvalue weighted by atomic mass is 10.2. The number of hydrogen-bond donors (Lipinski definition) is 0. The Balaban J connectivity index is 2.24. The summed E-state index contributed by atoms with van der Waals surface area (Å²) >= 11 is 5.82. The maximum atomic E-state index is 13.8. The van der Waals surface area contributed by atoms with Crippen LogP contribution in [0.4, 0.5) is 17.6 Å². The molecular weight excluding hydrogens is 332 g/mol. The number of rotatable bonds is 4. The smallest absolute Gasteiger partial charge is 0.207 e. The summed E-state index contributed by atoms with van der Waals surface area (Å²) in [5, 5.41) is 0.506. The van der Waals surface area contributed by atoms with Crippen LogP contribution in [0, 0.1) is 30.2 Å². The van der Waals surface area contributed by atoms with Crippen LogP contribution in [0.2, 0.25) is 5.02 Å². The molecule has 0 aliphatic heterocycles. The first-order valence-corrected chi connectivity index (χ1v) is 6.82. The Kier molecular flexibility index (Phi) is 5.11. The summed E-state index contributed by atoms with van der Waals surface area (Å²) in [6, 6.07) is 6.77. The van der Waals surface area contributed by atoms with Gasteiger partial charge in [0.2, 0.25) is 11.6 Å². The molecule has 0 bridgehead atoms. The van der Waals surface area contributed by atoms with Gasteiger partial charge in [0.05, 0.1) is 0 Å². The Morgan fingerprint density at radius 2 is 1.78 bits per heavy atom. The largest absolute Gasteiger partial charge is 0.452 e. The topological polar surface area (TPSA) is 9.23 Å². The molecule has 0 aliphatic rings. The van der Waals surface area contributed by atoms with Gasteiger partial charge in [-0.1, -0.05) is 36.4 Å².